The highest BCUT2D eigenvalue weighted by atomic mass is 32.1. The molecule has 1 saturated heterocycles. The third-order valence-electron chi connectivity index (χ3n) is 4.12. The molecule has 1 unspecified atom stereocenters. The minimum absolute atomic E-state index is 0.118. The smallest absolute Gasteiger partial charge is 0.228 e. The van der Waals surface area contributed by atoms with Crippen molar-refractivity contribution in [2.24, 2.45) is 0 Å². The van der Waals surface area contributed by atoms with Gasteiger partial charge in [-0.15, -0.1) is 0 Å². The molecule has 1 fully saturated rings. The summed E-state index contributed by atoms with van der Waals surface area (Å²) in [6.07, 6.45) is 3.70. The fraction of sp³-hybridized carbons (Fsp3) is 0.529. The molecule has 5 heteroatoms. The molecule has 1 aromatic carbocycles. The Morgan fingerprint density at radius 1 is 1.45 bits per heavy atom. The summed E-state index contributed by atoms with van der Waals surface area (Å²) in [6.45, 7) is 5.46. The van der Waals surface area contributed by atoms with Crippen molar-refractivity contribution in [1.29, 1.82) is 0 Å². The van der Waals surface area contributed by atoms with Crippen molar-refractivity contribution in [1.82, 2.24) is 4.98 Å². The van der Waals surface area contributed by atoms with Crippen molar-refractivity contribution < 1.29 is 9.53 Å². The second kappa shape index (κ2) is 6.75. The standard InChI is InChI=1S/C17H22N2O2S/c1-3-12-7-5-9-14-16(12)18-17(22-14)19(15(20)4-2)11-13-8-6-10-21-13/h5,7,9,13H,3-4,6,8,10-11H2,1-2H3. The van der Waals surface area contributed by atoms with Crippen molar-refractivity contribution in [3.05, 3.63) is 23.8 Å². The molecular formula is C17H22N2O2S. The van der Waals surface area contributed by atoms with Gasteiger partial charge in [0.15, 0.2) is 5.13 Å². The van der Waals surface area contributed by atoms with Crippen LogP contribution in [0.15, 0.2) is 18.2 Å². The molecule has 1 aromatic heterocycles. The van der Waals surface area contributed by atoms with Crippen LogP contribution in [-0.4, -0.2) is 30.1 Å². The number of aryl methyl sites for hydroxylation is 1. The summed E-state index contributed by atoms with van der Waals surface area (Å²) < 4.78 is 6.85. The van der Waals surface area contributed by atoms with E-state index in [2.05, 4.69) is 25.1 Å². The predicted octanol–water partition coefficient (Wildman–Crippen LogP) is 3.78. The van der Waals surface area contributed by atoms with Gasteiger partial charge in [0.2, 0.25) is 5.91 Å². The topological polar surface area (TPSA) is 42.4 Å². The third kappa shape index (κ3) is 3.01. The van der Waals surface area contributed by atoms with Crippen LogP contribution in [0.1, 0.15) is 38.7 Å². The van der Waals surface area contributed by atoms with Gasteiger partial charge in [-0.3, -0.25) is 9.69 Å². The number of amides is 1. The lowest BCUT2D eigenvalue weighted by Crippen LogP contribution is -2.37. The number of carbonyl (C=O) groups is 1. The number of fused-ring (bicyclic) bond motifs is 1. The largest absolute Gasteiger partial charge is 0.376 e. The fourth-order valence-corrected chi connectivity index (χ4v) is 3.90. The van der Waals surface area contributed by atoms with Crippen molar-refractivity contribution in [2.75, 3.05) is 18.1 Å². The molecule has 1 atom stereocenters. The first kappa shape index (κ1) is 15.4. The SMILES string of the molecule is CCC(=O)N(CC1CCCO1)c1nc2c(CC)cccc2s1. The molecule has 1 amide bonds. The van der Waals surface area contributed by atoms with Crippen molar-refractivity contribution >= 4 is 32.6 Å². The number of nitrogens with zero attached hydrogens (tertiary/aromatic N) is 2. The van der Waals surface area contributed by atoms with Crippen LogP contribution < -0.4 is 4.90 Å². The summed E-state index contributed by atoms with van der Waals surface area (Å²) in [5.74, 6) is 0.118. The Bertz CT molecular complexity index is 662. The van der Waals surface area contributed by atoms with Gasteiger partial charge >= 0.3 is 0 Å². The van der Waals surface area contributed by atoms with Crippen LogP contribution in [-0.2, 0) is 16.0 Å². The molecule has 2 aromatic rings. The molecule has 0 spiro atoms. The first-order chi connectivity index (χ1) is 10.7. The molecule has 4 nitrogen and oxygen atoms in total. The van der Waals surface area contributed by atoms with Crippen LogP contribution in [0.5, 0.6) is 0 Å². The maximum absolute atomic E-state index is 12.4. The van der Waals surface area contributed by atoms with Gasteiger partial charge in [0, 0.05) is 13.0 Å². The van der Waals surface area contributed by atoms with E-state index in [0.29, 0.717) is 13.0 Å². The Morgan fingerprint density at radius 3 is 3.00 bits per heavy atom. The summed E-state index contributed by atoms with van der Waals surface area (Å²) >= 11 is 1.60. The maximum atomic E-state index is 12.4. The van der Waals surface area contributed by atoms with Crippen LogP contribution >= 0.6 is 11.3 Å². The van der Waals surface area contributed by atoms with Crippen LogP contribution in [0, 0.1) is 0 Å². The fourth-order valence-electron chi connectivity index (χ4n) is 2.86. The third-order valence-corrected chi connectivity index (χ3v) is 5.16. The highest BCUT2D eigenvalue weighted by Crippen LogP contribution is 2.32. The van der Waals surface area contributed by atoms with Crippen LogP contribution in [0.3, 0.4) is 0 Å². The van der Waals surface area contributed by atoms with E-state index in [1.807, 2.05) is 11.8 Å². The number of aromatic nitrogens is 1. The molecule has 0 aliphatic carbocycles. The van der Waals surface area contributed by atoms with Gasteiger partial charge in [0.05, 0.1) is 22.9 Å². The Kier molecular flexibility index (Phi) is 4.74. The molecule has 0 radical (unpaired) electrons. The predicted molar refractivity (Wildman–Crippen MR) is 90.6 cm³/mol. The number of para-hydroxylation sites is 1. The number of rotatable bonds is 5. The summed E-state index contributed by atoms with van der Waals surface area (Å²) in [6, 6.07) is 6.25. The molecule has 0 bridgehead atoms. The van der Waals surface area contributed by atoms with Crippen LogP contribution in [0.25, 0.3) is 10.2 Å². The summed E-state index contributed by atoms with van der Waals surface area (Å²) in [4.78, 5) is 19.0. The number of thiazole rings is 1. The average Bonchev–Trinajstić information content (AvgIpc) is 3.20. The minimum atomic E-state index is 0.118. The molecule has 1 aliphatic heterocycles. The van der Waals surface area contributed by atoms with E-state index in [1.165, 1.54) is 5.56 Å². The monoisotopic (exact) mass is 318 g/mol. The molecule has 1 aliphatic rings. The normalized spacial score (nSPS) is 18.0. The second-order valence-corrected chi connectivity index (χ2v) is 6.62. The minimum Gasteiger partial charge on any atom is -0.376 e. The van der Waals surface area contributed by atoms with E-state index in [4.69, 9.17) is 9.72 Å². The van der Waals surface area contributed by atoms with E-state index in [1.54, 1.807) is 11.3 Å². The molecule has 3 rings (SSSR count). The van der Waals surface area contributed by atoms with E-state index < -0.39 is 0 Å². The van der Waals surface area contributed by atoms with Gasteiger partial charge in [-0.25, -0.2) is 4.98 Å². The highest BCUT2D eigenvalue weighted by Gasteiger charge is 2.25. The van der Waals surface area contributed by atoms with Gasteiger partial charge in [0.25, 0.3) is 0 Å². The molecule has 0 saturated carbocycles. The zero-order valence-electron chi connectivity index (χ0n) is 13.2. The quantitative estimate of drug-likeness (QED) is 0.842. The Hall–Kier alpha value is -1.46. The number of carbonyl (C=O) groups excluding carboxylic acids is 1. The zero-order valence-corrected chi connectivity index (χ0v) is 14.0. The average molecular weight is 318 g/mol. The summed E-state index contributed by atoms with van der Waals surface area (Å²) in [5.41, 5.74) is 2.27. The van der Waals surface area contributed by atoms with E-state index in [9.17, 15) is 4.79 Å². The van der Waals surface area contributed by atoms with Crippen molar-refractivity contribution in [2.45, 2.75) is 45.6 Å². The first-order valence-electron chi connectivity index (χ1n) is 8.03. The first-order valence-corrected chi connectivity index (χ1v) is 8.85. The number of hydrogen-bond donors (Lipinski definition) is 0. The van der Waals surface area contributed by atoms with Crippen LogP contribution in [0.2, 0.25) is 0 Å². The Labute approximate surface area is 135 Å². The molecule has 0 N–H and O–H groups in total. The van der Waals surface area contributed by atoms with Crippen LogP contribution in [0.4, 0.5) is 5.13 Å². The van der Waals surface area contributed by atoms with E-state index in [-0.39, 0.29) is 12.0 Å². The van der Waals surface area contributed by atoms with Gasteiger partial charge in [0.1, 0.15) is 0 Å². The van der Waals surface area contributed by atoms with E-state index in [0.717, 1.165) is 41.2 Å². The van der Waals surface area contributed by atoms with Gasteiger partial charge in [-0.05, 0) is 30.9 Å². The molecule has 22 heavy (non-hydrogen) atoms. The molecule has 118 valence electrons. The highest BCUT2D eigenvalue weighted by molar-refractivity contribution is 7.22. The lowest BCUT2D eigenvalue weighted by atomic mass is 10.1. The number of hydrogen-bond acceptors (Lipinski definition) is 4. The maximum Gasteiger partial charge on any atom is 0.228 e. The van der Waals surface area contributed by atoms with Gasteiger partial charge < -0.3 is 4.74 Å². The van der Waals surface area contributed by atoms with Gasteiger partial charge in [-0.1, -0.05) is 37.3 Å². The summed E-state index contributed by atoms with van der Waals surface area (Å²) in [5, 5.41) is 0.804. The number of benzene rings is 1. The van der Waals surface area contributed by atoms with E-state index >= 15 is 0 Å². The zero-order chi connectivity index (χ0) is 15.5. The summed E-state index contributed by atoms with van der Waals surface area (Å²) in [7, 11) is 0. The van der Waals surface area contributed by atoms with Crippen molar-refractivity contribution in [3.8, 4) is 0 Å². The lowest BCUT2D eigenvalue weighted by molar-refractivity contribution is -0.118. The van der Waals surface area contributed by atoms with Crippen molar-refractivity contribution in [3.63, 3.8) is 0 Å². The number of anilines is 1. The Morgan fingerprint density at radius 2 is 2.32 bits per heavy atom. The molecular weight excluding hydrogens is 296 g/mol. The molecule has 2 heterocycles. The second-order valence-electron chi connectivity index (χ2n) is 5.61. The number of ether oxygens (including phenoxy) is 1. The van der Waals surface area contributed by atoms with Gasteiger partial charge in [-0.2, -0.15) is 0 Å². The lowest BCUT2D eigenvalue weighted by Gasteiger charge is -2.22. The Balaban J connectivity index is 1.94.